The first kappa shape index (κ1) is 30.3. The van der Waals surface area contributed by atoms with Gasteiger partial charge in [0.1, 0.15) is 17.2 Å². The third kappa shape index (κ3) is 6.00. The first-order chi connectivity index (χ1) is 19.4. The van der Waals surface area contributed by atoms with Gasteiger partial charge >= 0.3 is 12.1 Å². The number of imide groups is 1. The fraction of sp³-hybridized carbons (Fsp3) is 0.481. The number of carbonyl (C=O) groups is 6. The Labute approximate surface area is 241 Å². The summed E-state index contributed by atoms with van der Waals surface area (Å²) in [5.41, 5.74) is -2.32. The Bertz CT molecular complexity index is 1380. The lowest BCUT2D eigenvalue weighted by Gasteiger charge is -2.24. The minimum atomic E-state index is -1.05. The predicted molar refractivity (Wildman–Crippen MR) is 143 cm³/mol. The van der Waals surface area contributed by atoms with Crippen LogP contribution in [0.5, 0.6) is 11.5 Å². The molecule has 3 heterocycles. The van der Waals surface area contributed by atoms with E-state index < -0.39 is 64.4 Å². The molecule has 0 saturated carbocycles. The fourth-order valence-electron chi connectivity index (χ4n) is 4.61. The third-order valence-corrected chi connectivity index (χ3v) is 6.27. The van der Waals surface area contributed by atoms with Crippen molar-refractivity contribution in [3.05, 3.63) is 34.5 Å². The summed E-state index contributed by atoms with van der Waals surface area (Å²) in [7, 11) is 0. The van der Waals surface area contributed by atoms with Gasteiger partial charge in [-0.15, -0.1) is 0 Å². The van der Waals surface area contributed by atoms with E-state index in [9.17, 15) is 39.0 Å². The van der Waals surface area contributed by atoms with Crippen LogP contribution in [0.4, 0.5) is 4.79 Å². The average Bonchev–Trinajstić information content (AvgIpc) is 3.43. The fourth-order valence-corrected chi connectivity index (χ4v) is 4.61. The molecule has 3 aliphatic rings. The second-order valence-electron chi connectivity index (χ2n) is 11.9. The number of hydrogen-bond acceptors (Lipinski definition) is 11. The molecule has 42 heavy (non-hydrogen) atoms. The second-order valence-corrected chi connectivity index (χ2v) is 11.9. The minimum absolute atomic E-state index is 0.0457. The molecule has 4 rings (SSSR count). The number of benzene rings is 1. The number of nitrogens with one attached hydrogen (secondary N) is 2. The second kappa shape index (κ2) is 10.6. The summed E-state index contributed by atoms with van der Waals surface area (Å²) in [4.78, 5) is 78.2. The number of hydrogen-bond donors (Lipinski definition) is 4. The van der Waals surface area contributed by atoms with E-state index in [4.69, 9.17) is 9.47 Å². The highest BCUT2D eigenvalue weighted by Crippen LogP contribution is 2.34. The van der Waals surface area contributed by atoms with Gasteiger partial charge < -0.3 is 30.3 Å². The molecule has 226 valence electrons. The summed E-state index contributed by atoms with van der Waals surface area (Å²) in [5.74, 6) is -4.86. The van der Waals surface area contributed by atoms with E-state index in [-0.39, 0.29) is 48.6 Å². The van der Waals surface area contributed by atoms with Crippen molar-refractivity contribution in [2.75, 3.05) is 26.2 Å². The first-order valence-electron chi connectivity index (χ1n) is 13.1. The highest BCUT2D eigenvalue weighted by Gasteiger charge is 2.50. The maximum absolute atomic E-state index is 13.3. The van der Waals surface area contributed by atoms with Crippen LogP contribution >= 0.6 is 0 Å². The van der Waals surface area contributed by atoms with E-state index in [1.165, 1.54) is 5.01 Å². The Morgan fingerprint density at radius 1 is 0.929 bits per heavy atom. The monoisotopic (exact) mass is 587 g/mol. The Hall–Kier alpha value is -4.66. The third-order valence-electron chi connectivity index (χ3n) is 6.27. The normalized spacial score (nSPS) is 18.8. The van der Waals surface area contributed by atoms with Gasteiger partial charge in [0.15, 0.2) is 17.2 Å². The minimum Gasteiger partial charge on any atom is -0.504 e. The van der Waals surface area contributed by atoms with Gasteiger partial charge in [0, 0.05) is 19.6 Å². The molecule has 0 spiro atoms. The number of amides is 5. The molecule has 3 aliphatic heterocycles. The van der Waals surface area contributed by atoms with Gasteiger partial charge in [-0.2, -0.15) is 0 Å². The molecule has 1 atom stereocenters. The van der Waals surface area contributed by atoms with Gasteiger partial charge in [0.2, 0.25) is 0 Å². The number of fused-ring (bicyclic) bond motifs is 2. The van der Waals surface area contributed by atoms with Crippen LogP contribution in [-0.4, -0.2) is 104 Å². The van der Waals surface area contributed by atoms with Crippen molar-refractivity contribution in [1.29, 1.82) is 0 Å². The Morgan fingerprint density at radius 3 is 2.00 bits per heavy atom. The molecule has 5 amide bonds. The maximum Gasteiger partial charge on any atom is 0.408 e. The van der Waals surface area contributed by atoms with Gasteiger partial charge in [-0.25, -0.2) is 19.6 Å². The van der Waals surface area contributed by atoms with Gasteiger partial charge in [-0.3, -0.25) is 24.1 Å². The number of phenolic OH excluding ortho intramolecular Hbond substituents is 2. The zero-order chi connectivity index (χ0) is 31.3. The van der Waals surface area contributed by atoms with E-state index in [2.05, 4.69) is 10.6 Å². The van der Waals surface area contributed by atoms with Crippen LogP contribution in [0.3, 0.4) is 0 Å². The van der Waals surface area contributed by atoms with Crippen LogP contribution in [0, 0.1) is 0 Å². The average molecular weight is 588 g/mol. The zero-order valence-electron chi connectivity index (χ0n) is 24.1. The number of esters is 1. The van der Waals surface area contributed by atoms with Crippen LogP contribution in [0.2, 0.25) is 0 Å². The Balaban J connectivity index is 1.49. The van der Waals surface area contributed by atoms with E-state index in [0.717, 1.165) is 22.0 Å². The van der Waals surface area contributed by atoms with Gasteiger partial charge in [-0.05, 0) is 53.7 Å². The Kier molecular flexibility index (Phi) is 7.67. The maximum atomic E-state index is 13.3. The molecule has 0 unspecified atom stereocenters. The van der Waals surface area contributed by atoms with Crippen molar-refractivity contribution in [1.82, 2.24) is 25.6 Å². The number of aromatic hydroxyl groups is 2. The van der Waals surface area contributed by atoms with E-state index in [0.29, 0.717) is 0 Å². The van der Waals surface area contributed by atoms with E-state index in [1.54, 1.807) is 41.5 Å². The summed E-state index contributed by atoms with van der Waals surface area (Å²) in [6.07, 6.45) is -0.817. The summed E-state index contributed by atoms with van der Waals surface area (Å²) < 4.78 is 10.7. The number of rotatable bonds is 6. The van der Waals surface area contributed by atoms with Gasteiger partial charge in [-0.1, -0.05) is 0 Å². The molecule has 0 aliphatic carbocycles. The van der Waals surface area contributed by atoms with Gasteiger partial charge in [0.05, 0.1) is 23.2 Å². The molecular weight excluding hydrogens is 554 g/mol. The van der Waals surface area contributed by atoms with Crippen molar-refractivity contribution >= 4 is 35.7 Å². The van der Waals surface area contributed by atoms with E-state index in [1.807, 2.05) is 0 Å². The number of nitrogens with zero attached hydrogens (tertiary/aromatic N) is 3. The highest BCUT2D eigenvalue weighted by molar-refractivity contribution is 6.21. The molecule has 1 fully saturated rings. The van der Waals surface area contributed by atoms with Crippen molar-refractivity contribution in [2.45, 2.75) is 58.8 Å². The quantitative estimate of drug-likeness (QED) is 0.204. The molecule has 1 saturated heterocycles. The molecule has 15 heteroatoms. The smallest absolute Gasteiger partial charge is 0.408 e. The molecule has 0 aromatic heterocycles. The molecule has 1 aromatic rings. The van der Waals surface area contributed by atoms with Crippen LogP contribution in [-0.2, 0) is 23.9 Å². The van der Waals surface area contributed by atoms with Crippen molar-refractivity contribution < 1.29 is 48.5 Å². The summed E-state index contributed by atoms with van der Waals surface area (Å²) in [6.45, 7) is 9.22. The standard InChI is InChI=1S/C27H33N5O10/c1-26(2,3)41-24(39)19-15(11-30-12-16(23(38)32(19)30)29-25(40)42-27(4,5)6)20(35)28-7-8-31-21(36)13-9-17(33)18(34)10-14(13)22(31)37/h9-10,16,33-34H,7-8,11-12H2,1-6H3,(H,28,35)(H,29,40)/t16-/m0/s1. The van der Waals surface area contributed by atoms with E-state index >= 15 is 0 Å². The van der Waals surface area contributed by atoms with Crippen molar-refractivity contribution in [3.63, 3.8) is 0 Å². The number of carbonyl (C=O) groups excluding carboxylic acids is 6. The largest absolute Gasteiger partial charge is 0.504 e. The molecule has 0 bridgehead atoms. The number of ether oxygens (including phenoxy) is 2. The lowest BCUT2D eigenvalue weighted by molar-refractivity contribution is -0.156. The lowest BCUT2D eigenvalue weighted by Crippen LogP contribution is -2.45. The van der Waals surface area contributed by atoms with Crippen LogP contribution in [0.15, 0.2) is 23.4 Å². The summed E-state index contributed by atoms with van der Waals surface area (Å²) in [6, 6.07) is 0.933. The summed E-state index contributed by atoms with van der Waals surface area (Å²) >= 11 is 0. The number of phenols is 2. The SMILES string of the molecule is CC(C)(C)OC(=O)N[C@H]1CN2CC(C(=O)NCCN3C(=O)c4cc(O)c(O)cc4C3=O)=C(C(=O)OC(C)(C)C)N2C1=O. The van der Waals surface area contributed by atoms with Crippen LogP contribution < -0.4 is 10.6 Å². The zero-order valence-corrected chi connectivity index (χ0v) is 24.1. The predicted octanol–water partition coefficient (Wildman–Crippen LogP) is 0.372. The Morgan fingerprint density at radius 2 is 1.48 bits per heavy atom. The number of hydrazine groups is 1. The molecular formula is C27H33N5O10. The number of alkyl carbamates (subject to hydrolysis) is 1. The van der Waals surface area contributed by atoms with Gasteiger partial charge in [0.25, 0.3) is 23.6 Å². The van der Waals surface area contributed by atoms with Crippen molar-refractivity contribution in [3.8, 4) is 11.5 Å². The molecule has 15 nitrogen and oxygen atoms in total. The summed E-state index contributed by atoms with van der Waals surface area (Å²) in [5, 5.41) is 26.8. The molecule has 0 radical (unpaired) electrons. The van der Waals surface area contributed by atoms with Crippen LogP contribution in [0.25, 0.3) is 0 Å². The van der Waals surface area contributed by atoms with Crippen LogP contribution in [0.1, 0.15) is 62.3 Å². The highest BCUT2D eigenvalue weighted by atomic mass is 16.6. The first-order valence-corrected chi connectivity index (χ1v) is 13.1. The van der Waals surface area contributed by atoms with Crippen molar-refractivity contribution in [2.24, 2.45) is 0 Å². The lowest BCUT2D eigenvalue weighted by atomic mass is 10.1. The molecule has 1 aromatic carbocycles. The molecule has 4 N–H and O–H groups in total. The topological polar surface area (TPSA) is 195 Å².